The van der Waals surface area contributed by atoms with Crippen molar-refractivity contribution in [1.82, 2.24) is 20.1 Å². The first-order chi connectivity index (χ1) is 19.1. The smallest absolute Gasteiger partial charge is 0.320 e. The summed E-state index contributed by atoms with van der Waals surface area (Å²) in [5.74, 6) is 0.353. The van der Waals surface area contributed by atoms with Crippen molar-refractivity contribution in [1.29, 1.82) is 5.26 Å². The number of anilines is 1. The summed E-state index contributed by atoms with van der Waals surface area (Å²) in [6, 6.07) is 12.5. The molecule has 1 atom stereocenters. The Labute approximate surface area is 231 Å². The van der Waals surface area contributed by atoms with Gasteiger partial charge >= 0.3 is 6.18 Å². The number of halogens is 3. The van der Waals surface area contributed by atoms with E-state index in [9.17, 15) is 23.2 Å². The van der Waals surface area contributed by atoms with E-state index in [4.69, 9.17) is 0 Å². The number of carbonyl (C=O) groups excluding carboxylic acids is 1. The molecule has 0 spiro atoms. The molecule has 1 aliphatic heterocycles. The lowest BCUT2D eigenvalue weighted by atomic mass is 9.67. The molecule has 6 rings (SSSR count). The molecule has 40 heavy (non-hydrogen) atoms. The van der Waals surface area contributed by atoms with E-state index in [1.165, 1.54) is 11.0 Å². The molecule has 10 heteroatoms. The Hall–Kier alpha value is -3.71. The maximum Gasteiger partial charge on any atom is 0.416 e. The number of benzene rings is 2. The monoisotopic (exact) mass is 548 g/mol. The van der Waals surface area contributed by atoms with Crippen LogP contribution in [0.2, 0.25) is 0 Å². The number of nitrogens with one attached hydrogen (secondary N) is 1. The third kappa shape index (κ3) is 4.66. The molecule has 2 fully saturated rings. The van der Waals surface area contributed by atoms with Crippen molar-refractivity contribution < 1.29 is 18.0 Å². The average molecular weight is 549 g/mol. The maximum absolute atomic E-state index is 14.2. The van der Waals surface area contributed by atoms with Crippen molar-refractivity contribution in [3.8, 4) is 6.07 Å². The van der Waals surface area contributed by atoms with Crippen LogP contribution in [0, 0.1) is 23.2 Å². The first-order valence-corrected chi connectivity index (χ1v) is 13.7. The van der Waals surface area contributed by atoms with Gasteiger partial charge in [-0.25, -0.2) is 0 Å². The van der Waals surface area contributed by atoms with Gasteiger partial charge in [0.2, 0.25) is 0 Å². The SMILES string of the molecule is Cn1cnnc1[C@H](c1cccc(N2Cc3c(cc(CNC4(C)CCC4)cc3C(F)(F)F)C2=O)c1)C1CC(C#N)C1. The molecule has 3 aliphatic rings. The van der Waals surface area contributed by atoms with Crippen molar-refractivity contribution >= 4 is 11.6 Å². The van der Waals surface area contributed by atoms with Crippen molar-refractivity contribution in [2.75, 3.05) is 4.90 Å². The molecule has 0 bridgehead atoms. The van der Waals surface area contributed by atoms with E-state index in [1.54, 1.807) is 18.5 Å². The minimum Gasteiger partial charge on any atom is -0.320 e. The fourth-order valence-corrected chi connectivity index (χ4v) is 6.36. The van der Waals surface area contributed by atoms with Gasteiger partial charge in [0, 0.05) is 42.2 Å². The van der Waals surface area contributed by atoms with Crippen LogP contribution < -0.4 is 10.2 Å². The van der Waals surface area contributed by atoms with Crippen LogP contribution in [-0.4, -0.2) is 26.2 Å². The lowest BCUT2D eigenvalue weighted by Gasteiger charge is -2.39. The molecular weight excluding hydrogens is 517 g/mol. The topological polar surface area (TPSA) is 86.8 Å². The number of rotatable bonds is 7. The largest absolute Gasteiger partial charge is 0.416 e. The molecule has 2 aromatic carbocycles. The van der Waals surface area contributed by atoms with Gasteiger partial charge in [0.25, 0.3) is 5.91 Å². The number of hydrogen-bond acceptors (Lipinski definition) is 5. The molecule has 1 aromatic heterocycles. The highest BCUT2D eigenvalue weighted by Crippen LogP contribution is 2.47. The Bertz CT molecular complexity index is 1500. The predicted molar refractivity (Wildman–Crippen MR) is 142 cm³/mol. The molecule has 2 saturated carbocycles. The number of nitrogens with zero attached hydrogens (tertiary/aromatic N) is 5. The summed E-state index contributed by atoms with van der Waals surface area (Å²) in [5, 5.41) is 21.1. The van der Waals surface area contributed by atoms with Crippen LogP contribution in [0.4, 0.5) is 18.9 Å². The second-order valence-corrected chi connectivity index (χ2v) is 11.8. The van der Waals surface area contributed by atoms with Gasteiger partial charge in [-0.2, -0.15) is 18.4 Å². The highest BCUT2D eigenvalue weighted by molar-refractivity contribution is 6.10. The highest BCUT2D eigenvalue weighted by atomic mass is 19.4. The van der Waals surface area contributed by atoms with Crippen LogP contribution in [0.25, 0.3) is 0 Å². The number of hydrogen-bond donors (Lipinski definition) is 1. The van der Waals surface area contributed by atoms with Crippen molar-refractivity contribution in [2.24, 2.45) is 18.9 Å². The van der Waals surface area contributed by atoms with E-state index < -0.39 is 17.6 Å². The quantitative estimate of drug-likeness (QED) is 0.409. The zero-order valence-corrected chi connectivity index (χ0v) is 22.5. The number of aromatic nitrogens is 3. The minimum absolute atomic E-state index is 0.00470. The van der Waals surface area contributed by atoms with Crippen LogP contribution in [0.1, 0.15) is 83.4 Å². The Kier molecular flexibility index (Phi) is 6.45. The van der Waals surface area contributed by atoms with Gasteiger partial charge in [-0.1, -0.05) is 12.1 Å². The normalized spacial score (nSPS) is 22.3. The van der Waals surface area contributed by atoms with Gasteiger partial charge in [0.15, 0.2) is 0 Å². The van der Waals surface area contributed by atoms with Crippen LogP contribution >= 0.6 is 0 Å². The van der Waals surface area contributed by atoms with E-state index in [1.807, 2.05) is 29.8 Å². The molecule has 2 aliphatic carbocycles. The highest BCUT2D eigenvalue weighted by Gasteiger charge is 2.42. The summed E-state index contributed by atoms with van der Waals surface area (Å²) >= 11 is 0. The van der Waals surface area contributed by atoms with Gasteiger partial charge in [-0.05, 0) is 85.9 Å². The molecule has 3 aromatic rings. The van der Waals surface area contributed by atoms with Gasteiger partial charge < -0.3 is 14.8 Å². The van der Waals surface area contributed by atoms with Crippen LogP contribution in [0.5, 0.6) is 0 Å². The number of alkyl halides is 3. The second-order valence-electron chi connectivity index (χ2n) is 11.8. The van der Waals surface area contributed by atoms with E-state index >= 15 is 0 Å². The number of carbonyl (C=O) groups is 1. The van der Waals surface area contributed by atoms with Gasteiger partial charge in [0.1, 0.15) is 12.2 Å². The Balaban J connectivity index is 1.32. The van der Waals surface area contributed by atoms with E-state index in [2.05, 4.69) is 28.5 Å². The third-order valence-corrected chi connectivity index (χ3v) is 8.98. The van der Waals surface area contributed by atoms with Gasteiger partial charge in [-0.3, -0.25) is 4.79 Å². The lowest BCUT2D eigenvalue weighted by Crippen LogP contribution is -2.47. The van der Waals surface area contributed by atoms with E-state index in [0.29, 0.717) is 11.3 Å². The van der Waals surface area contributed by atoms with Crippen LogP contribution in [0.3, 0.4) is 0 Å². The summed E-state index contributed by atoms with van der Waals surface area (Å²) in [6.45, 7) is 2.21. The third-order valence-electron chi connectivity index (χ3n) is 8.98. The molecule has 1 N–H and O–H groups in total. The molecule has 0 unspecified atom stereocenters. The van der Waals surface area contributed by atoms with E-state index in [-0.39, 0.29) is 47.5 Å². The van der Waals surface area contributed by atoms with Crippen molar-refractivity contribution in [3.05, 3.63) is 76.4 Å². The Morgan fingerprint density at radius 1 is 1.23 bits per heavy atom. The van der Waals surface area contributed by atoms with Crippen LogP contribution in [-0.2, 0) is 26.3 Å². The summed E-state index contributed by atoms with van der Waals surface area (Å²) in [6.07, 6.45) is 1.60. The molecule has 1 amide bonds. The second kappa shape index (κ2) is 9.73. The Morgan fingerprint density at radius 3 is 2.62 bits per heavy atom. The summed E-state index contributed by atoms with van der Waals surface area (Å²) in [4.78, 5) is 15.1. The number of nitriles is 1. The van der Waals surface area contributed by atoms with Crippen molar-refractivity contribution in [2.45, 2.75) is 69.8 Å². The standard InChI is InChI=1S/C30H31F3N6O/c1-29(7-4-8-29)35-15-19-11-23-24(25(12-19)30(31,32)33)16-39(28(23)40)22-6-3-5-20(13-22)26(21-9-18(10-21)14-34)27-37-36-17-38(27)2/h3,5-6,11-13,17-18,21,26,35H,4,7-10,15-16H2,1-2H3/t18?,21?,26-/m1/s1. The first-order valence-electron chi connectivity index (χ1n) is 13.7. The fraction of sp³-hybridized carbons (Fsp3) is 0.467. The van der Waals surface area contributed by atoms with E-state index in [0.717, 1.165) is 43.5 Å². The predicted octanol–water partition coefficient (Wildman–Crippen LogP) is 5.71. The van der Waals surface area contributed by atoms with Crippen LogP contribution in [0.15, 0.2) is 42.7 Å². The Morgan fingerprint density at radius 2 is 2.00 bits per heavy atom. The first kappa shape index (κ1) is 26.5. The number of aryl methyl sites for hydroxylation is 1. The lowest BCUT2D eigenvalue weighted by molar-refractivity contribution is -0.138. The molecule has 0 saturated heterocycles. The summed E-state index contributed by atoms with van der Waals surface area (Å²) in [7, 11) is 1.86. The number of amides is 1. The van der Waals surface area contributed by atoms with Gasteiger partial charge in [-0.15, -0.1) is 10.2 Å². The van der Waals surface area contributed by atoms with Gasteiger partial charge in [0.05, 0.1) is 18.2 Å². The zero-order valence-electron chi connectivity index (χ0n) is 22.5. The molecular formula is C30H31F3N6O. The summed E-state index contributed by atoms with van der Waals surface area (Å²) < 4.78 is 44.5. The summed E-state index contributed by atoms with van der Waals surface area (Å²) in [5.41, 5.74) is 1.20. The maximum atomic E-state index is 14.2. The minimum atomic E-state index is -4.57. The molecule has 2 heterocycles. The molecule has 208 valence electrons. The van der Waals surface area contributed by atoms with Crippen molar-refractivity contribution in [3.63, 3.8) is 0 Å². The number of fused-ring (bicyclic) bond motifs is 1. The fourth-order valence-electron chi connectivity index (χ4n) is 6.36. The molecule has 7 nitrogen and oxygen atoms in total. The molecule has 0 radical (unpaired) electrons. The zero-order chi connectivity index (χ0) is 28.2. The average Bonchev–Trinajstić information content (AvgIpc) is 3.45.